The van der Waals surface area contributed by atoms with Crippen molar-refractivity contribution in [2.75, 3.05) is 44.2 Å². The minimum absolute atomic E-state index is 0.0523. The Bertz CT molecular complexity index is 475. The van der Waals surface area contributed by atoms with E-state index in [1.165, 1.54) is 5.69 Å². The molecular weight excluding hydrogens is 292 g/mol. The largest absolute Gasteiger partial charge is 0.394 e. The normalized spacial score (nSPS) is 18.3. The van der Waals surface area contributed by atoms with E-state index in [0.29, 0.717) is 0 Å². The van der Waals surface area contributed by atoms with E-state index in [2.05, 4.69) is 44.7 Å². The van der Waals surface area contributed by atoms with Crippen molar-refractivity contribution in [3.8, 4) is 0 Å². The molecule has 6 heteroatoms. The van der Waals surface area contributed by atoms with Crippen molar-refractivity contribution in [3.63, 3.8) is 0 Å². The topological polar surface area (TPSA) is 67.8 Å². The molecule has 0 aliphatic carbocycles. The highest BCUT2D eigenvalue weighted by Crippen LogP contribution is 2.15. The Morgan fingerprint density at radius 3 is 2.30 bits per heavy atom. The number of amides is 2. The highest BCUT2D eigenvalue weighted by molar-refractivity contribution is 5.74. The summed E-state index contributed by atoms with van der Waals surface area (Å²) in [5, 5.41) is 14.6. The molecule has 2 rings (SSSR count). The number of rotatable bonds is 6. The van der Waals surface area contributed by atoms with Crippen molar-refractivity contribution in [2.45, 2.75) is 25.9 Å². The van der Waals surface area contributed by atoms with Gasteiger partial charge in [-0.1, -0.05) is 18.2 Å². The van der Waals surface area contributed by atoms with Crippen molar-refractivity contribution in [1.82, 2.24) is 15.5 Å². The maximum absolute atomic E-state index is 11.7. The molecule has 23 heavy (non-hydrogen) atoms. The molecule has 0 aromatic heterocycles. The number of hydrogen-bond donors (Lipinski definition) is 3. The number of aliphatic hydroxyl groups is 1. The Morgan fingerprint density at radius 1 is 1.09 bits per heavy atom. The smallest absolute Gasteiger partial charge is 0.315 e. The molecule has 0 saturated carbocycles. The maximum Gasteiger partial charge on any atom is 0.315 e. The van der Waals surface area contributed by atoms with Gasteiger partial charge in [-0.15, -0.1) is 0 Å². The SMILES string of the molecule is C[C@H](CN1CCN(c2ccccc2)CC1)NC(=O)N[C@@H](C)CO. The fraction of sp³-hybridized carbons (Fsp3) is 0.588. The van der Waals surface area contributed by atoms with E-state index >= 15 is 0 Å². The summed E-state index contributed by atoms with van der Waals surface area (Å²) in [7, 11) is 0. The second-order valence-electron chi connectivity index (χ2n) is 6.23. The quantitative estimate of drug-likeness (QED) is 0.728. The molecule has 0 spiro atoms. The second-order valence-corrected chi connectivity index (χ2v) is 6.23. The second kappa shape index (κ2) is 8.74. The molecule has 2 atom stereocenters. The van der Waals surface area contributed by atoms with E-state index in [1.807, 2.05) is 13.0 Å². The van der Waals surface area contributed by atoms with Crippen LogP contribution in [0, 0.1) is 0 Å². The zero-order chi connectivity index (χ0) is 16.7. The van der Waals surface area contributed by atoms with Gasteiger partial charge in [0.25, 0.3) is 0 Å². The van der Waals surface area contributed by atoms with E-state index in [-0.39, 0.29) is 24.7 Å². The zero-order valence-electron chi connectivity index (χ0n) is 14.0. The van der Waals surface area contributed by atoms with Gasteiger partial charge in [0.1, 0.15) is 0 Å². The van der Waals surface area contributed by atoms with Gasteiger partial charge in [-0.2, -0.15) is 0 Å². The number of aliphatic hydroxyl groups excluding tert-OH is 1. The lowest BCUT2D eigenvalue weighted by Crippen LogP contribution is -2.53. The van der Waals surface area contributed by atoms with Crippen LogP contribution in [-0.2, 0) is 0 Å². The van der Waals surface area contributed by atoms with Gasteiger partial charge in [0.2, 0.25) is 0 Å². The Balaban J connectivity index is 1.70. The third kappa shape index (κ3) is 5.73. The Kier molecular flexibility index (Phi) is 6.67. The molecule has 128 valence electrons. The predicted molar refractivity (Wildman–Crippen MR) is 92.8 cm³/mol. The first-order valence-corrected chi connectivity index (χ1v) is 8.28. The number of nitrogens with zero attached hydrogens (tertiary/aromatic N) is 2. The average molecular weight is 320 g/mol. The number of nitrogens with one attached hydrogen (secondary N) is 2. The molecule has 0 unspecified atom stereocenters. The van der Waals surface area contributed by atoms with E-state index in [0.717, 1.165) is 32.7 Å². The van der Waals surface area contributed by atoms with Crippen LogP contribution in [0.5, 0.6) is 0 Å². The summed E-state index contributed by atoms with van der Waals surface area (Å²) in [4.78, 5) is 16.5. The standard InChI is InChI=1S/C17H28N4O2/c1-14(18-17(23)19-15(2)13-22)12-20-8-10-21(11-9-20)16-6-4-3-5-7-16/h3-7,14-15,22H,8-13H2,1-2H3,(H2,18,19,23)/t14-,15+/m1/s1. The first-order valence-electron chi connectivity index (χ1n) is 8.28. The van der Waals surface area contributed by atoms with Crippen molar-refractivity contribution < 1.29 is 9.90 Å². The number of benzene rings is 1. The zero-order valence-corrected chi connectivity index (χ0v) is 14.0. The summed E-state index contributed by atoms with van der Waals surface area (Å²) >= 11 is 0. The van der Waals surface area contributed by atoms with E-state index < -0.39 is 0 Å². The molecule has 6 nitrogen and oxygen atoms in total. The number of carbonyl (C=O) groups is 1. The summed E-state index contributed by atoms with van der Waals surface area (Å²) < 4.78 is 0. The lowest BCUT2D eigenvalue weighted by molar-refractivity contribution is 0.207. The van der Waals surface area contributed by atoms with Gasteiger partial charge in [-0.25, -0.2) is 4.79 Å². The maximum atomic E-state index is 11.7. The van der Waals surface area contributed by atoms with Gasteiger partial charge >= 0.3 is 6.03 Å². The van der Waals surface area contributed by atoms with Crippen LogP contribution in [0.3, 0.4) is 0 Å². The van der Waals surface area contributed by atoms with Gasteiger partial charge in [-0.3, -0.25) is 4.90 Å². The number of piperazine rings is 1. The molecule has 0 radical (unpaired) electrons. The van der Waals surface area contributed by atoms with Crippen LogP contribution in [0.2, 0.25) is 0 Å². The first kappa shape index (κ1) is 17.6. The lowest BCUT2D eigenvalue weighted by atomic mass is 10.2. The van der Waals surface area contributed by atoms with Gasteiger partial charge in [0, 0.05) is 44.5 Å². The molecule has 3 N–H and O–H groups in total. The van der Waals surface area contributed by atoms with Gasteiger partial charge < -0.3 is 20.6 Å². The van der Waals surface area contributed by atoms with Crippen LogP contribution in [0.15, 0.2) is 30.3 Å². The Labute approximate surface area is 138 Å². The molecule has 2 amide bonds. The summed E-state index contributed by atoms with van der Waals surface area (Å²) in [6.07, 6.45) is 0. The van der Waals surface area contributed by atoms with Crippen LogP contribution in [-0.4, -0.2) is 67.5 Å². The number of urea groups is 1. The van der Waals surface area contributed by atoms with Crippen molar-refractivity contribution in [3.05, 3.63) is 30.3 Å². The van der Waals surface area contributed by atoms with Crippen LogP contribution in [0.4, 0.5) is 10.5 Å². The van der Waals surface area contributed by atoms with Gasteiger partial charge in [0.05, 0.1) is 12.6 Å². The van der Waals surface area contributed by atoms with Crippen molar-refractivity contribution >= 4 is 11.7 Å². The van der Waals surface area contributed by atoms with Crippen LogP contribution >= 0.6 is 0 Å². The summed E-state index contributed by atoms with van der Waals surface area (Å²) in [6.45, 7) is 8.56. The Hall–Kier alpha value is -1.79. The number of carbonyl (C=O) groups excluding carboxylic acids is 1. The predicted octanol–water partition coefficient (Wildman–Crippen LogP) is 0.877. The van der Waals surface area contributed by atoms with E-state index in [4.69, 9.17) is 5.11 Å². The van der Waals surface area contributed by atoms with E-state index in [1.54, 1.807) is 6.92 Å². The van der Waals surface area contributed by atoms with Crippen LogP contribution in [0.25, 0.3) is 0 Å². The fourth-order valence-electron chi connectivity index (χ4n) is 2.80. The number of para-hydroxylation sites is 1. The van der Waals surface area contributed by atoms with Crippen molar-refractivity contribution in [2.24, 2.45) is 0 Å². The molecule has 0 bridgehead atoms. The highest BCUT2D eigenvalue weighted by Gasteiger charge is 2.19. The van der Waals surface area contributed by atoms with E-state index in [9.17, 15) is 4.79 Å². The molecule has 1 aliphatic rings. The summed E-state index contributed by atoms with van der Waals surface area (Å²) in [5.41, 5.74) is 1.27. The Morgan fingerprint density at radius 2 is 1.70 bits per heavy atom. The molecule has 1 aromatic rings. The summed E-state index contributed by atoms with van der Waals surface area (Å²) in [6, 6.07) is 10.1. The van der Waals surface area contributed by atoms with Gasteiger partial charge in [0.15, 0.2) is 0 Å². The number of anilines is 1. The van der Waals surface area contributed by atoms with Gasteiger partial charge in [-0.05, 0) is 26.0 Å². The lowest BCUT2D eigenvalue weighted by Gasteiger charge is -2.37. The average Bonchev–Trinajstić information content (AvgIpc) is 2.56. The minimum Gasteiger partial charge on any atom is -0.394 e. The molecule has 1 aromatic carbocycles. The van der Waals surface area contributed by atoms with Crippen LogP contribution in [0.1, 0.15) is 13.8 Å². The van der Waals surface area contributed by atoms with Crippen LogP contribution < -0.4 is 15.5 Å². The molecule has 1 aliphatic heterocycles. The minimum atomic E-state index is -0.225. The van der Waals surface area contributed by atoms with Crippen molar-refractivity contribution in [1.29, 1.82) is 0 Å². The molecule has 1 heterocycles. The molecule has 1 fully saturated rings. The highest BCUT2D eigenvalue weighted by atomic mass is 16.3. The molecular formula is C17H28N4O2. The first-order chi connectivity index (χ1) is 11.1. The number of hydrogen-bond acceptors (Lipinski definition) is 4. The third-order valence-corrected chi connectivity index (χ3v) is 4.05. The summed E-state index contributed by atoms with van der Waals surface area (Å²) in [5.74, 6) is 0. The monoisotopic (exact) mass is 320 g/mol. The third-order valence-electron chi connectivity index (χ3n) is 4.05. The molecule has 1 saturated heterocycles. The fourth-order valence-corrected chi connectivity index (χ4v) is 2.80.